The maximum absolute atomic E-state index is 11.6. The number of carbonyl (C=O) groups excluding carboxylic acids is 1. The van der Waals surface area contributed by atoms with Crippen LogP contribution in [0.25, 0.3) is 0 Å². The van der Waals surface area contributed by atoms with Crippen LogP contribution < -0.4 is 0 Å². The fourth-order valence-electron chi connectivity index (χ4n) is 1.16. The molecule has 0 heterocycles. The van der Waals surface area contributed by atoms with Crippen LogP contribution in [0.1, 0.15) is 19.4 Å². The molecule has 0 aromatic heterocycles. The summed E-state index contributed by atoms with van der Waals surface area (Å²) in [4.78, 5) is 11.3. The summed E-state index contributed by atoms with van der Waals surface area (Å²) in [6.45, 7) is 3.51. The fourth-order valence-corrected chi connectivity index (χ4v) is 1.16. The first-order valence-corrected chi connectivity index (χ1v) is 5.17. The van der Waals surface area contributed by atoms with Gasteiger partial charge in [0.05, 0.1) is 6.61 Å². The molecule has 86 valence electrons. The van der Waals surface area contributed by atoms with Crippen LogP contribution in [0.4, 0.5) is 0 Å². The largest absolute Gasteiger partial charge is 0.623 e. The van der Waals surface area contributed by atoms with E-state index in [9.17, 15) is 10.0 Å². The Bertz CT molecular complexity index is 373. The molecule has 0 amide bonds. The Balaban J connectivity index is 2.74. The van der Waals surface area contributed by atoms with Crippen molar-refractivity contribution in [1.29, 1.82) is 0 Å². The van der Waals surface area contributed by atoms with Gasteiger partial charge in [0.15, 0.2) is 6.21 Å². The van der Waals surface area contributed by atoms with Gasteiger partial charge in [-0.1, -0.05) is 18.2 Å². The number of rotatable bonds is 4. The molecule has 1 aromatic carbocycles. The zero-order valence-corrected chi connectivity index (χ0v) is 9.42. The molecule has 0 aliphatic carbocycles. The summed E-state index contributed by atoms with van der Waals surface area (Å²) >= 11 is 0. The Morgan fingerprint density at radius 2 is 2.12 bits per heavy atom. The summed E-state index contributed by atoms with van der Waals surface area (Å²) in [5.74, 6) is -0.510. The molecule has 0 aliphatic rings. The highest BCUT2D eigenvalue weighted by molar-refractivity contribution is 5.78. The molecule has 0 bridgehead atoms. The second-order valence-corrected chi connectivity index (χ2v) is 3.33. The quantitative estimate of drug-likeness (QED) is 0.255. The number of benzene rings is 1. The van der Waals surface area contributed by atoms with Gasteiger partial charge in [0.1, 0.15) is 0 Å². The second kappa shape index (κ2) is 5.90. The van der Waals surface area contributed by atoms with Gasteiger partial charge in [-0.15, -0.1) is 0 Å². The number of hydroxylamine groups is 1. The van der Waals surface area contributed by atoms with Gasteiger partial charge in [0.25, 0.3) is 6.04 Å². The molecule has 0 fully saturated rings. The Hall–Kier alpha value is -1.84. The fraction of sp³-hybridized carbons (Fsp3) is 0.333. The van der Waals surface area contributed by atoms with Crippen LogP contribution in [-0.4, -0.2) is 29.6 Å². The van der Waals surface area contributed by atoms with Gasteiger partial charge in [0, 0.05) is 12.5 Å². The van der Waals surface area contributed by atoms with Gasteiger partial charge in [0.2, 0.25) is 0 Å². The first-order chi connectivity index (χ1) is 7.65. The Kier molecular flexibility index (Phi) is 4.51. The monoisotopic (exact) mass is 221 g/mol. The zero-order valence-electron chi connectivity index (χ0n) is 9.42. The summed E-state index contributed by atoms with van der Waals surface area (Å²) in [5.41, 5.74) is 0.758. The van der Waals surface area contributed by atoms with E-state index in [2.05, 4.69) is 0 Å². The molecule has 4 nitrogen and oxygen atoms in total. The summed E-state index contributed by atoms with van der Waals surface area (Å²) in [5, 5.41) is 11.6. The van der Waals surface area contributed by atoms with Gasteiger partial charge in [-0.05, 0) is 19.1 Å². The number of nitrogens with zero attached hydrogens (tertiary/aromatic N) is 1. The lowest BCUT2D eigenvalue weighted by Crippen LogP contribution is -2.30. The number of carbonyl (C=O) groups is 1. The maximum Gasteiger partial charge on any atom is 0.376 e. The first-order valence-electron chi connectivity index (χ1n) is 5.17. The summed E-state index contributed by atoms with van der Waals surface area (Å²) in [7, 11) is 0. The van der Waals surface area contributed by atoms with Gasteiger partial charge in [-0.2, -0.15) is 4.74 Å². The highest BCUT2D eigenvalue weighted by Gasteiger charge is 2.20. The third-order valence-corrected chi connectivity index (χ3v) is 2.09. The molecule has 0 saturated carbocycles. The van der Waals surface area contributed by atoms with Crippen molar-refractivity contribution in [1.82, 2.24) is 0 Å². The van der Waals surface area contributed by atoms with Crippen LogP contribution in [0.3, 0.4) is 0 Å². The SMILES string of the molecule is CCOC(=O)[C@H](C)/[N+]([O-])=C/c1ccccc1. The molecular formula is C12H15NO3. The van der Waals surface area contributed by atoms with Crippen molar-refractivity contribution in [3.05, 3.63) is 41.1 Å². The van der Waals surface area contributed by atoms with Crippen LogP contribution in [0.2, 0.25) is 0 Å². The van der Waals surface area contributed by atoms with E-state index in [0.29, 0.717) is 4.74 Å². The Labute approximate surface area is 94.7 Å². The van der Waals surface area contributed by atoms with Crippen LogP contribution in [0, 0.1) is 5.21 Å². The van der Waals surface area contributed by atoms with E-state index >= 15 is 0 Å². The van der Waals surface area contributed by atoms with Gasteiger partial charge in [-0.3, -0.25) is 0 Å². The zero-order chi connectivity index (χ0) is 12.0. The highest BCUT2D eigenvalue weighted by Crippen LogP contribution is 1.98. The van der Waals surface area contributed by atoms with E-state index in [1.807, 2.05) is 18.2 Å². The Morgan fingerprint density at radius 1 is 1.50 bits per heavy atom. The molecule has 0 aliphatic heterocycles. The van der Waals surface area contributed by atoms with Crippen LogP contribution in [0.5, 0.6) is 0 Å². The van der Waals surface area contributed by atoms with E-state index in [1.54, 1.807) is 19.1 Å². The van der Waals surface area contributed by atoms with E-state index in [0.717, 1.165) is 5.56 Å². The minimum atomic E-state index is -0.819. The smallest absolute Gasteiger partial charge is 0.376 e. The molecule has 0 spiro atoms. The van der Waals surface area contributed by atoms with Crippen molar-refractivity contribution in [3.8, 4) is 0 Å². The van der Waals surface area contributed by atoms with Crippen LogP contribution in [-0.2, 0) is 9.53 Å². The molecular weight excluding hydrogens is 206 g/mol. The van der Waals surface area contributed by atoms with E-state index in [4.69, 9.17) is 4.74 Å². The third kappa shape index (κ3) is 3.38. The number of hydrogen-bond acceptors (Lipinski definition) is 3. The number of esters is 1. The van der Waals surface area contributed by atoms with E-state index < -0.39 is 12.0 Å². The molecule has 0 saturated heterocycles. The second-order valence-electron chi connectivity index (χ2n) is 3.33. The topological polar surface area (TPSA) is 52.4 Å². The lowest BCUT2D eigenvalue weighted by Gasteiger charge is -2.11. The average Bonchev–Trinajstić information content (AvgIpc) is 2.29. The Morgan fingerprint density at radius 3 is 2.69 bits per heavy atom. The molecule has 0 radical (unpaired) electrons. The van der Waals surface area contributed by atoms with Gasteiger partial charge < -0.3 is 9.94 Å². The predicted octanol–water partition coefficient (Wildman–Crippen LogP) is 1.57. The lowest BCUT2D eigenvalue weighted by molar-refractivity contribution is -0.480. The summed E-state index contributed by atoms with van der Waals surface area (Å²) in [6.07, 6.45) is 1.38. The van der Waals surface area contributed by atoms with E-state index in [1.165, 1.54) is 13.1 Å². The molecule has 4 heteroatoms. The van der Waals surface area contributed by atoms with Gasteiger partial charge in [-0.25, -0.2) is 4.79 Å². The predicted molar refractivity (Wildman–Crippen MR) is 61.3 cm³/mol. The minimum Gasteiger partial charge on any atom is -0.623 e. The van der Waals surface area contributed by atoms with Crippen molar-refractivity contribution >= 4 is 12.2 Å². The van der Waals surface area contributed by atoms with Crippen molar-refractivity contribution < 1.29 is 14.3 Å². The summed E-state index contributed by atoms with van der Waals surface area (Å²) in [6, 6.07) is 8.29. The van der Waals surface area contributed by atoms with Crippen molar-refractivity contribution in [2.45, 2.75) is 19.9 Å². The van der Waals surface area contributed by atoms with Gasteiger partial charge >= 0.3 is 5.97 Å². The van der Waals surface area contributed by atoms with Crippen molar-refractivity contribution in [2.24, 2.45) is 0 Å². The summed E-state index contributed by atoms with van der Waals surface area (Å²) < 4.78 is 5.37. The lowest BCUT2D eigenvalue weighted by atomic mass is 10.2. The highest BCUT2D eigenvalue weighted by atomic mass is 16.5. The molecule has 0 N–H and O–H groups in total. The molecule has 0 unspecified atom stereocenters. The van der Waals surface area contributed by atoms with Crippen molar-refractivity contribution in [2.75, 3.05) is 6.61 Å². The molecule has 16 heavy (non-hydrogen) atoms. The molecule has 1 aromatic rings. The third-order valence-electron chi connectivity index (χ3n) is 2.09. The molecule has 1 rings (SSSR count). The molecule has 1 atom stereocenters. The maximum atomic E-state index is 11.6. The average molecular weight is 221 g/mol. The van der Waals surface area contributed by atoms with Crippen molar-refractivity contribution in [3.63, 3.8) is 0 Å². The van der Waals surface area contributed by atoms with E-state index in [-0.39, 0.29) is 6.61 Å². The van der Waals surface area contributed by atoms with Crippen LogP contribution >= 0.6 is 0 Å². The normalized spacial score (nSPS) is 13.2. The first kappa shape index (κ1) is 12.2. The number of ether oxygens (including phenoxy) is 1. The minimum absolute atomic E-state index is 0.280. The van der Waals surface area contributed by atoms with Crippen LogP contribution in [0.15, 0.2) is 30.3 Å². The number of hydrogen-bond donors (Lipinski definition) is 0. The standard InChI is InChI=1S/C12H15NO3/c1-3-16-12(14)10(2)13(15)9-11-7-5-4-6-8-11/h4-10H,3H2,1-2H3/b13-9-/t10-/m0/s1.